The zero-order valence-electron chi connectivity index (χ0n) is 4.19. The van der Waals surface area contributed by atoms with Gasteiger partial charge in [-0.2, -0.15) is 0 Å². The SMILES string of the molecule is O=[N+]([O-])c1ccn(Br)n1. The van der Waals surface area contributed by atoms with Crippen LogP contribution in [-0.2, 0) is 0 Å². The van der Waals surface area contributed by atoms with Crippen molar-refractivity contribution in [3.05, 3.63) is 22.4 Å². The third kappa shape index (κ3) is 1.26. The van der Waals surface area contributed by atoms with Crippen molar-refractivity contribution in [3.8, 4) is 0 Å². The van der Waals surface area contributed by atoms with E-state index in [1.165, 1.54) is 16.0 Å². The van der Waals surface area contributed by atoms with E-state index in [0.29, 0.717) is 0 Å². The van der Waals surface area contributed by atoms with Crippen molar-refractivity contribution in [3.63, 3.8) is 0 Å². The summed E-state index contributed by atoms with van der Waals surface area (Å²) in [6.45, 7) is 0. The van der Waals surface area contributed by atoms with E-state index in [9.17, 15) is 10.1 Å². The first-order valence-corrected chi connectivity index (χ1v) is 2.77. The molecule has 0 N–H and O–H groups in total. The molecule has 1 heterocycles. The number of hydrogen-bond acceptors (Lipinski definition) is 3. The maximum absolute atomic E-state index is 9.92. The number of hydrogen-bond donors (Lipinski definition) is 0. The van der Waals surface area contributed by atoms with Gasteiger partial charge in [-0.1, -0.05) is 0 Å². The molecule has 5 nitrogen and oxygen atoms in total. The van der Waals surface area contributed by atoms with Crippen LogP contribution < -0.4 is 0 Å². The molecule has 0 spiro atoms. The van der Waals surface area contributed by atoms with Gasteiger partial charge in [-0.3, -0.25) is 0 Å². The fraction of sp³-hybridized carbons (Fsp3) is 0. The van der Waals surface area contributed by atoms with E-state index in [0.717, 1.165) is 0 Å². The minimum Gasteiger partial charge on any atom is -0.358 e. The summed E-state index contributed by atoms with van der Waals surface area (Å²) in [6.07, 6.45) is 1.44. The van der Waals surface area contributed by atoms with Crippen molar-refractivity contribution in [2.45, 2.75) is 0 Å². The van der Waals surface area contributed by atoms with Gasteiger partial charge in [0.2, 0.25) is 0 Å². The fourth-order valence-corrected chi connectivity index (χ4v) is 0.671. The van der Waals surface area contributed by atoms with Gasteiger partial charge in [0.15, 0.2) is 0 Å². The summed E-state index contributed by atoms with van der Waals surface area (Å²) in [5.41, 5.74) is 0. The molecule has 0 bridgehead atoms. The van der Waals surface area contributed by atoms with Gasteiger partial charge >= 0.3 is 5.82 Å². The summed E-state index contributed by atoms with van der Waals surface area (Å²) in [4.78, 5) is 9.37. The maximum atomic E-state index is 9.92. The standard InChI is InChI=1S/C3H2BrN3O2/c4-6-2-1-3(5-6)7(8)9/h1-2H. The zero-order chi connectivity index (χ0) is 6.85. The van der Waals surface area contributed by atoms with Crippen LogP contribution in [0.3, 0.4) is 0 Å². The Labute approximate surface area is 58.8 Å². The molecule has 0 aliphatic carbocycles. The molecule has 0 saturated heterocycles. The van der Waals surface area contributed by atoms with Crippen LogP contribution in [0.25, 0.3) is 0 Å². The number of rotatable bonds is 1. The summed E-state index contributed by atoms with van der Waals surface area (Å²) in [5, 5.41) is 13.4. The maximum Gasteiger partial charge on any atom is 0.390 e. The number of halogens is 1. The summed E-state index contributed by atoms with van der Waals surface area (Å²) < 4.78 is 1.20. The van der Waals surface area contributed by atoms with E-state index in [1.54, 1.807) is 0 Å². The Morgan fingerprint density at radius 3 is 2.78 bits per heavy atom. The Hall–Kier alpha value is -0.910. The normalized spacial score (nSPS) is 9.44. The molecule has 6 heteroatoms. The second kappa shape index (κ2) is 2.14. The van der Waals surface area contributed by atoms with Crippen LogP contribution in [0.4, 0.5) is 5.82 Å². The predicted molar refractivity (Wildman–Crippen MR) is 33.2 cm³/mol. The third-order valence-electron chi connectivity index (χ3n) is 0.732. The largest absolute Gasteiger partial charge is 0.390 e. The van der Waals surface area contributed by atoms with Gasteiger partial charge in [-0.05, 0) is 4.92 Å². The van der Waals surface area contributed by atoms with E-state index in [-0.39, 0.29) is 5.82 Å². The minimum atomic E-state index is -0.558. The lowest BCUT2D eigenvalue weighted by Gasteiger charge is -1.81. The Morgan fingerprint density at radius 2 is 2.56 bits per heavy atom. The summed E-state index contributed by atoms with van der Waals surface area (Å²) in [5.74, 6) is -0.160. The van der Waals surface area contributed by atoms with Gasteiger partial charge in [-0.25, -0.2) is 0 Å². The highest BCUT2D eigenvalue weighted by Gasteiger charge is 2.07. The van der Waals surface area contributed by atoms with E-state index in [1.807, 2.05) is 0 Å². The van der Waals surface area contributed by atoms with Gasteiger partial charge in [0.25, 0.3) is 0 Å². The molecule has 0 amide bonds. The summed E-state index contributed by atoms with van der Waals surface area (Å²) >= 11 is 2.90. The Bertz CT molecular complexity index is 233. The average molecular weight is 192 g/mol. The topological polar surface area (TPSA) is 61.0 Å². The monoisotopic (exact) mass is 191 g/mol. The lowest BCUT2D eigenvalue weighted by atomic mass is 10.7. The molecule has 0 aliphatic heterocycles. The zero-order valence-corrected chi connectivity index (χ0v) is 5.78. The van der Waals surface area contributed by atoms with Crippen molar-refractivity contribution in [1.29, 1.82) is 0 Å². The van der Waals surface area contributed by atoms with Crippen molar-refractivity contribution >= 4 is 22.0 Å². The van der Waals surface area contributed by atoms with Crippen LogP contribution in [-0.4, -0.2) is 13.7 Å². The van der Waals surface area contributed by atoms with Gasteiger partial charge < -0.3 is 10.1 Å². The summed E-state index contributed by atoms with van der Waals surface area (Å²) in [7, 11) is 0. The highest BCUT2D eigenvalue weighted by Crippen LogP contribution is 2.05. The van der Waals surface area contributed by atoms with Crippen molar-refractivity contribution in [2.75, 3.05) is 0 Å². The Balaban J connectivity index is 2.98. The quantitative estimate of drug-likeness (QED) is 0.491. The van der Waals surface area contributed by atoms with Crippen LogP contribution >= 0.6 is 16.1 Å². The molecule has 0 fully saturated rings. The molecular weight excluding hydrogens is 190 g/mol. The molecule has 48 valence electrons. The molecule has 0 saturated carbocycles. The molecule has 9 heavy (non-hydrogen) atoms. The van der Waals surface area contributed by atoms with Gasteiger partial charge in [-0.15, -0.1) is 3.71 Å². The molecular formula is C3H2BrN3O2. The molecule has 1 rings (SSSR count). The second-order valence-electron chi connectivity index (χ2n) is 1.32. The van der Waals surface area contributed by atoms with Crippen LogP contribution in [0.2, 0.25) is 0 Å². The highest BCUT2D eigenvalue weighted by atomic mass is 79.9. The fourth-order valence-electron chi connectivity index (χ4n) is 0.390. The highest BCUT2D eigenvalue weighted by molar-refractivity contribution is 9.08. The first-order chi connectivity index (χ1) is 4.20. The smallest absolute Gasteiger partial charge is 0.358 e. The predicted octanol–water partition coefficient (Wildman–Crippen LogP) is 0.949. The van der Waals surface area contributed by atoms with Gasteiger partial charge in [0.1, 0.15) is 16.1 Å². The number of nitro groups is 1. The molecule has 0 aliphatic rings. The first kappa shape index (κ1) is 6.21. The van der Waals surface area contributed by atoms with E-state index >= 15 is 0 Å². The lowest BCUT2D eigenvalue weighted by Crippen LogP contribution is -1.88. The Morgan fingerprint density at radius 1 is 1.89 bits per heavy atom. The van der Waals surface area contributed by atoms with Crippen LogP contribution in [0.15, 0.2) is 12.3 Å². The van der Waals surface area contributed by atoms with Crippen LogP contribution in [0.1, 0.15) is 0 Å². The van der Waals surface area contributed by atoms with Gasteiger partial charge in [0, 0.05) is 0 Å². The molecule has 0 aromatic carbocycles. The lowest BCUT2D eigenvalue weighted by molar-refractivity contribution is -0.389. The average Bonchev–Trinajstić information content (AvgIpc) is 2.14. The van der Waals surface area contributed by atoms with Crippen LogP contribution in [0.5, 0.6) is 0 Å². The number of aromatic nitrogens is 2. The molecule has 1 aromatic rings. The Kier molecular flexibility index (Phi) is 1.48. The van der Waals surface area contributed by atoms with E-state index in [4.69, 9.17) is 0 Å². The third-order valence-corrected chi connectivity index (χ3v) is 1.13. The summed E-state index contributed by atoms with van der Waals surface area (Å²) in [6, 6.07) is 1.30. The van der Waals surface area contributed by atoms with Crippen molar-refractivity contribution < 1.29 is 4.92 Å². The molecule has 0 radical (unpaired) electrons. The van der Waals surface area contributed by atoms with E-state index in [2.05, 4.69) is 21.2 Å². The molecule has 0 atom stereocenters. The van der Waals surface area contributed by atoms with Crippen molar-refractivity contribution in [1.82, 2.24) is 8.81 Å². The van der Waals surface area contributed by atoms with E-state index < -0.39 is 4.92 Å². The first-order valence-electron chi connectivity index (χ1n) is 2.06. The molecule has 1 aromatic heterocycles. The number of nitrogens with zero attached hydrogens (tertiary/aromatic N) is 3. The van der Waals surface area contributed by atoms with Crippen molar-refractivity contribution in [2.24, 2.45) is 0 Å². The minimum absolute atomic E-state index is 0.160. The van der Waals surface area contributed by atoms with Crippen LogP contribution in [0, 0.1) is 10.1 Å². The molecule has 0 unspecified atom stereocenters. The second-order valence-corrected chi connectivity index (χ2v) is 2.05. The van der Waals surface area contributed by atoms with Gasteiger partial charge in [0.05, 0.1) is 17.4 Å².